The third-order valence-electron chi connectivity index (χ3n) is 4.83. The lowest BCUT2D eigenvalue weighted by Crippen LogP contribution is -2.23. The summed E-state index contributed by atoms with van der Waals surface area (Å²) in [5.41, 5.74) is 2.55. The summed E-state index contributed by atoms with van der Waals surface area (Å²) < 4.78 is 5.84. The summed E-state index contributed by atoms with van der Waals surface area (Å²) in [6.45, 7) is 0.735. The van der Waals surface area contributed by atoms with Gasteiger partial charge in [-0.1, -0.05) is 36.4 Å². The van der Waals surface area contributed by atoms with Crippen molar-refractivity contribution in [2.45, 2.75) is 25.7 Å². The van der Waals surface area contributed by atoms with Crippen LogP contribution in [0.1, 0.15) is 25.0 Å². The van der Waals surface area contributed by atoms with Crippen LogP contribution in [0.4, 0.5) is 11.4 Å². The van der Waals surface area contributed by atoms with Gasteiger partial charge in [0.15, 0.2) is 0 Å². The van der Waals surface area contributed by atoms with Gasteiger partial charge in [0.25, 0.3) is 0 Å². The minimum absolute atomic E-state index is 0.0810. The van der Waals surface area contributed by atoms with Crippen LogP contribution in [0.5, 0.6) is 0 Å². The number of rotatable bonds is 6. The molecule has 5 nitrogen and oxygen atoms in total. The fourth-order valence-electron chi connectivity index (χ4n) is 3.40. The standard InChI is InChI=1S/C23H22N2O3/c26-22(14-12-20-11-13-21(28-20)17-6-2-1-3-7-17)24-18-8-4-9-19(16-18)25-15-5-10-23(25)27/h1-4,6-9,11,13,16H,5,10,12,14-15H2,(H,24,26). The van der Waals surface area contributed by atoms with Crippen LogP contribution in [0.25, 0.3) is 11.3 Å². The van der Waals surface area contributed by atoms with E-state index < -0.39 is 0 Å². The van der Waals surface area contributed by atoms with Crippen LogP contribution >= 0.6 is 0 Å². The Kier molecular flexibility index (Phi) is 5.24. The highest BCUT2D eigenvalue weighted by molar-refractivity contribution is 5.97. The first-order chi connectivity index (χ1) is 13.7. The molecule has 1 aliphatic rings. The molecule has 1 fully saturated rings. The second kappa shape index (κ2) is 8.13. The Morgan fingerprint density at radius 1 is 1.04 bits per heavy atom. The minimum atomic E-state index is -0.0810. The Morgan fingerprint density at radius 3 is 2.68 bits per heavy atom. The quantitative estimate of drug-likeness (QED) is 0.683. The molecule has 4 rings (SSSR count). The van der Waals surface area contributed by atoms with Crippen LogP contribution in [0.15, 0.2) is 71.1 Å². The second-order valence-electron chi connectivity index (χ2n) is 6.88. The summed E-state index contributed by atoms with van der Waals surface area (Å²) in [6.07, 6.45) is 2.33. The number of nitrogens with zero attached hydrogens (tertiary/aromatic N) is 1. The number of anilines is 2. The molecule has 1 saturated heterocycles. The summed E-state index contributed by atoms with van der Waals surface area (Å²) in [6, 6.07) is 21.2. The predicted molar refractivity (Wildman–Crippen MR) is 109 cm³/mol. The molecule has 2 amide bonds. The van der Waals surface area contributed by atoms with Gasteiger partial charge in [0.2, 0.25) is 11.8 Å². The number of carbonyl (C=O) groups is 2. The molecule has 1 aliphatic heterocycles. The molecule has 1 aromatic heterocycles. The molecule has 0 saturated carbocycles. The average molecular weight is 374 g/mol. The lowest BCUT2D eigenvalue weighted by Gasteiger charge is -2.16. The SMILES string of the molecule is O=C(CCc1ccc(-c2ccccc2)o1)Nc1cccc(N2CCCC2=O)c1. The van der Waals surface area contributed by atoms with E-state index in [0.29, 0.717) is 24.9 Å². The number of benzene rings is 2. The van der Waals surface area contributed by atoms with Crippen molar-refractivity contribution in [2.75, 3.05) is 16.8 Å². The molecule has 142 valence electrons. The van der Waals surface area contributed by atoms with Crippen molar-refractivity contribution in [1.82, 2.24) is 0 Å². The molecule has 0 bridgehead atoms. The maximum absolute atomic E-state index is 12.3. The molecular formula is C23H22N2O3. The van der Waals surface area contributed by atoms with Crippen molar-refractivity contribution in [3.63, 3.8) is 0 Å². The average Bonchev–Trinajstić information content (AvgIpc) is 3.36. The number of furan rings is 1. The maximum atomic E-state index is 12.3. The van der Waals surface area contributed by atoms with Gasteiger partial charge >= 0.3 is 0 Å². The maximum Gasteiger partial charge on any atom is 0.227 e. The van der Waals surface area contributed by atoms with Crippen LogP contribution in [0.3, 0.4) is 0 Å². The van der Waals surface area contributed by atoms with Crippen molar-refractivity contribution in [1.29, 1.82) is 0 Å². The molecule has 0 atom stereocenters. The molecule has 0 spiro atoms. The summed E-state index contributed by atoms with van der Waals surface area (Å²) >= 11 is 0. The van der Waals surface area contributed by atoms with E-state index in [1.54, 1.807) is 4.90 Å². The first-order valence-corrected chi connectivity index (χ1v) is 9.53. The zero-order chi connectivity index (χ0) is 19.3. The van der Waals surface area contributed by atoms with Crippen molar-refractivity contribution in [2.24, 2.45) is 0 Å². The van der Waals surface area contributed by atoms with Gasteiger partial charge in [-0.15, -0.1) is 0 Å². The van der Waals surface area contributed by atoms with Crippen molar-refractivity contribution < 1.29 is 14.0 Å². The van der Waals surface area contributed by atoms with E-state index in [-0.39, 0.29) is 11.8 Å². The first-order valence-electron chi connectivity index (χ1n) is 9.53. The molecular weight excluding hydrogens is 352 g/mol. The number of amides is 2. The third kappa shape index (κ3) is 4.14. The largest absolute Gasteiger partial charge is 0.461 e. The summed E-state index contributed by atoms with van der Waals surface area (Å²) in [5.74, 6) is 1.64. The Hall–Kier alpha value is -3.34. The predicted octanol–water partition coefficient (Wildman–Crippen LogP) is 4.64. The van der Waals surface area contributed by atoms with Gasteiger partial charge in [-0.3, -0.25) is 9.59 Å². The third-order valence-corrected chi connectivity index (χ3v) is 4.83. The second-order valence-corrected chi connectivity index (χ2v) is 6.88. The topological polar surface area (TPSA) is 62.6 Å². The smallest absolute Gasteiger partial charge is 0.227 e. The monoisotopic (exact) mass is 374 g/mol. The Balaban J connectivity index is 1.34. The van der Waals surface area contributed by atoms with Crippen LogP contribution in [-0.4, -0.2) is 18.4 Å². The molecule has 2 heterocycles. The van der Waals surface area contributed by atoms with Gasteiger partial charge in [0.1, 0.15) is 11.5 Å². The summed E-state index contributed by atoms with van der Waals surface area (Å²) in [5, 5.41) is 2.91. The zero-order valence-corrected chi connectivity index (χ0v) is 15.6. The van der Waals surface area contributed by atoms with Crippen LogP contribution in [0.2, 0.25) is 0 Å². The van der Waals surface area contributed by atoms with E-state index in [2.05, 4.69) is 5.32 Å². The number of nitrogens with one attached hydrogen (secondary N) is 1. The first kappa shape index (κ1) is 18.0. The van der Waals surface area contributed by atoms with Gasteiger partial charge in [-0.2, -0.15) is 0 Å². The van der Waals surface area contributed by atoms with E-state index >= 15 is 0 Å². The van der Waals surface area contributed by atoms with Gasteiger partial charge in [-0.05, 0) is 36.8 Å². The Morgan fingerprint density at radius 2 is 1.89 bits per heavy atom. The lowest BCUT2D eigenvalue weighted by atomic mass is 10.2. The van der Waals surface area contributed by atoms with E-state index in [0.717, 1.165) is 35.7 Å². The molecule has 0 aliphatic carbocycles. The Labute approximate surface area is 164 Å². The van der Waals surface area contributed by atoms with E-state index in [1.807, 2.05) is 66.7 Å². The molecule has 2 aromatic carbocycles. The van der Waals surface area contributed by atoms with E-state index in [1.165, 1.54) is 0 Å². The Bertz CT molecular complexity index is 978. The lowest BCUT2D eigenvalue weighted by molar-refractivity contribution is -0.117. The number of hydrogen-bond donors (Lipinski definition) is 1. The summed E-state index contributed by atoms with van der Waals surface area (Å²) in [7, 11) is 0. The fraction of sp³-hybridized carbons (Fsp3) is 0.217. The molecule has 5 heteroatoms. The van der Waals surface area contributed by atoms with Crippen LogP contribution in [-0.2, 0) is 16.0 Å². The number of carbonyl (C=O) groups excluding carboxylic acids is 2. The number of hydrogen-bond acceptors (Lipinski definition) is 3. The fourth-order valence-corrected chi connectivity index (χ4v) is 3.40. The van der Waals surface area contributed by atoms with E-state index in [4.69, 9.17) is 4.42 Å². The summed E-state index contributed by atoms with van der Waals surface area (Å²) in [4.78, 5) is 26.0. The van der Waals surface area contributed by atoms with E-state index in [9.17, 15) is 9.59 Å². The molecule has 0 unspecified atom stereocenters. The van der Waals surface area contributed by atoms with Crippen LogP contribution in [0, 0.1) is 0 Å². The van der Waals surface area contributed by atoms with Crippen molar-refractivity contribution >= 4 is 23.2 Å². The van der Waals surface area contributed by atoms with Gasteiger partial charge < -0.3 is 14.6 Å². The molecule has 3 aromatic rings. The minimum Gasteiger partial charge on any atom is -0.461 e. The number of aryl methyl sites for hydroxylation is 1. The van der Waals surface area contributed by atoms with Crippen molar-refractivity contribution in [3.05, 3.63) is 72.5 Å². The molecule has 1 N–H and O–H groups in total. The normalized spacial score (nSPS) is 13.7. The van der Waals surface area contributed by atoms with Gasteiger partial charge in [0.05, 0.1) is 0 Å². The van der Waals surface area contributed by atoms with Crippen LogP contribution < -0.4 is 10.2 Å². The van der Waals surface area contributed by atoms with Crippen molar-refractivity contribution in [3.8, 4) is 11.3 Å². The molecule has 28 heavy (non-hydrogen) atoms. The molecule has 0 radical (unpaired) electrons. The highest BCUT2D eigenvalue weighted by Crippen LogP contribution is 2.25. The highest BCUT2D eigenvalue weighted by Gasteiger charge is 2.21. The zero-order valence-electron chi connectivity index (χ0n) is 15.6. The highest BCUT2D eigenvalue weighted by atomic mass is 16.3. The van der Waals surface area contributed by atoms with Gasteiger partial charge in [-0.25, -0.2) is 0 Å². The van der Waals surface area contributed by atoms with Gasteiger partial charge in [0, 0.05) is 42.7 Å².